The van der Waals surface area contributed by atoms with Crippen LogP contribution in [0, 0.1) is 0 Å². The van der Waals surface area contributed by atoms with Crippen LogP contribution in [-0.4, -0.2) is 49.8 Å². The first-order chi connectivity index (χ1) is 7.39. The third-order valence-corrected chi connectivity index (χ3v) is 5.29. The van der Waals surface area contributed by atoms with Crippen molar-refractivity contribution in [2.45, 2.75) is 44.7 Å². The van der Waals surface area contributed by atoms with Gasteiger partial charge in [-0.1, -0.05) is 6.92 Å². The van der Waals surface area contributed by atoms with Crippen LogP contribution in [0.5, 0.6) is 0 Å². The molecule has 0 saturated heterocycles. The van der Waals surface area contributed by atoms with Crippen molar-refractivity contribution in [3.63, 3.8) is 0 Å². The summed E-state index contributed by atoms with van der Waals surface area (Å²) >= 11 is 0. The largest absolute Gasteiger partial charge is 0.328 e. The van der Waals surface area contributed by atoms with E-state index in [-0.39, 0.29) is 12.1 Å². The Morgan fingerprint density at radius 1 is 1.19 bits per heavy atom. The first-order valence-corrected chi connectivity index (χ1v) is 7.24. The highest BCUT2D eigenvalue weighted by Crippen LogP contribution is 2.24. The molecule has 0 unspecified atom stereocenters. The summed E-state index contributed by atoms with van der Waals surface area (Å²) in [5.74, 6) is 0. The molecule has 0 aromatic rings. The fourth-order valence-corrected chi connectivity index (χ4v) is 3.54. The van der Waals surface area contributed by atoms with E-state index in [9.17, 15) is 8.42 Å². The first kappa shape index (κ1) is 13.9. The Hall–Kier alpha value is -0.170. The number of hydrogen-bond acceptors (Lipinski definition) is 3. The molecule has 0 radical (unpaired) electrons. The van der Waals surface area contributed by atoms with Crippen molar-refractivity contribution >= 4 is 10.2 Å². The lowest BCUT2D eigenvalue weighted by molar-refractivity contribution is 0.237. The van der Waals surface area contributed by atoms with Crippen molar-refractivity contribution in [3.05, 3.63) is 0 Å². The molecule has 16 heavy (non-hydrogen) atoms. The molecule has 0 spiro atoms. The second-order valence-electron chi connectivity index (χ2n) is 4.56. The van der Waals surface area contributed by atoms with E-state index in [1.54, 1.807) is 18.4 Å². The van der Waals surface area contributed by atoms with Crippen LogP contribution in [0.4, 0.5) is 0 Å². The van der Waals surface area contributed by atoms with Crippen LogP contribution < -0.4 is 5.73 Å². The van der Waals surface area contributed by atoms with Crippen molar-refractivity contribution in [2.24, 2.45) is 5.73 Å². The molecule has 1 rings (SSSR count). The van der Waals surface area contributed by atoms with Gasteiger partial charge in [0.05, 0.1) is 0 Å². The van der Waals surface area contributed by atoms with Crippen LogP contribution in [0.25, 0.3) is 0 Å². The van der Waals surface area contributed by atoms with E-state index < -0.39 is 10.2 Å². The number of nitrogens with zero attached hydrogens (tertiary/aromatic N) is 2. The standard InChI is InChI=1S/C10H23N3O2S/c1-4-13(16(14,15)12(2)3)10-7-5-9(11)6-8-10/h9-10H,4-8,11H2,1-3H3. The van der Waals surface area contributed by atoms with Crippen LogP contribution in [0.3, 0.4) is 0 Å². The Bertz CT molecular complexity index is 308. The SMILES string of the molecule is CCN(C1CCC(N)CC1)S(=O)(=O)N(C)C. The van der Waals surface area contributed by atoms with Crippen molar-refractivity contribution in [3.8, 4) is 0 Å². The number of hydrogen-bond donors (Lipinski definition) is 1. The molecule has 0 aromatic heterocycles. The highest BCUT2D eigenvalue weighted by Gasteiger charge is 2.32. The highest BCUT2D eigenvalue weighted by molar-refractivity contribution is 7.86. The van der Waals surface area contributed by atoms with Gasteiger partial charge in [-0.05, 0) is 25.7 Å². The lowest BCUT2D eigenvalue weighted by Gasteiger charge is -2.35. The van der Waals surface area contributed by atoms with Crippen molar-refractivity contribution in [1.29, 1.82) is 0 Å². The van der Waals surface area contributed by atoms with E-state index in [1.807, 2.05) is 6.92 Å². The Kier molecular flexibility index (Phi) is 4.73. The van der Waals surface area contributed by atoms with Crippen molar-refractivity contribution < 1.29 is 8.42 Å². The number of rotatable bonds is 4. The Morgan fingerprint density at radius 3 is 2.06 bits per heavy atom. The maximum atomic E-state index is 12.1. The molecule has 0 bridgehead atoms. The molecule has 0 atom stereocenters. The molecular formula is C10H23N3O2S. The smallest absolute Gasteiger partial charge is 0.281 e. The van der Waals surface area contributed by atoms with E-state index in [2.05, 4.69) is 0 Å². The van der Waals surface area contributed by atoms with Gasteiger partial charge in [0.1, 0.15) is 0 Å². The molecule has 1 fully saturated rings. The van der Waals surface area contributed by atoms with Gasteiger partial charge in [0.15, 0.2) is 0 Å². The predicted octanol–water partition coefficient (Wildman–Crippen LogP) is 0.385. The summed E-state index contributed by atoms with van der Waals surface area (Å²) < 4.78 is 27.0. The summed E-state index contributed by atoms with van der Waals surface area (Å²) in [7, 11) is -0.128. The molecule has 5 nitrogen and oxygen atoms in total. The molecule has 0 aliphatic heterocycles. The zero-order valence-electron chi connectivity index (χ0n) is 10.4. The summed E-state index contributed by atoms with van der Waals surface area (Å²) in [5, 5.41) is 0. The molecule has 1 aliphatic carbocycles. The molecule has 2 N–H and O–H groups in total. The third-order valence-electron chi connectivity index (χ3n) is 3.22. The van der Waals surface area contributed by atoms with Crippen LogP contribution in [0.15, 0.2) is 0 Å². The molecular weight excluding hydrogens is 226 g/mol. The first-order valence-electron chi connectivity index (χ1n) is 5.84. The second-order valence-corrected chi connectivity index (χ2v) is 6.66. The Balaban J connectivity index is 2.75. The van der Waals surface area contributed by atoms with Gasteiger partial charge in [-0.3, -0.25) is 0 Å². The van der Waals surface area contributed by atoms with Crippen molar-refractivity contribution in [1.82, 2.24) is 8.61 Å². The summed E-state index contributed by atoms with van der Waals surface area (Å²) in [5.41, 5.74) is 5.83. The Labute approximate surface area is 98.8 Å². The zero-order chi connectivity index (χ0) is 12.3. The maximum Gasteiger partial charge on any atom is 0.281 e. The minimum absolute atomic E-state index is 0.122. The minimum Gasteiger partial charge on any atom is -0.328 e. The fraction of sp³-hybridized carbons (Fsp3) is 1.00. The molecule has 1 aliphatic rings. The fourth-order valence-electron chi connectivity index (χ4n) is 2.21. The van der Waals surface area contributed by atoms with Gasteiger partial charge >= 0.3 is 0 Å². The maximum absolute atomic E-state index is 12.1. The van der Waals surface area contributed by atoms with Crippen molar-refractivity contribution in [2.75, 3.05) is 20.6 Å². The van der Waals surface area contributed by atoms with E-state index in [4.69, 9.17) is 5.73 Å². The minimum atomic E-state index is -3.28. The predicted molar refractivity (Wildman–Crippen MR) is 65.2 cm³/mol. The molecule has 0 amide bonds. The average molecular weight is 249 g/mol. The molecule has 6 heteroatoms. The molecule has 1 saturated carbocycles. The molecule has 0 aromatic carbocycles. The van der Waals surface area contributed by atoms with Gasteiger partial charge in [-0.25, -0.2) is 0 Å². The average Bonchev–Trinajstić information content (AvgIpc) is 2.21. The van der Waals surface area contributed by atoms with Crippen LogP contribution in [-0.2, 0) is 10.2 Å². The molecule has 0 heterocycles. The van der Waals surface area contributed by atoms with Crippen LogP contribution in [0.2, 0.25) is 0 Å². The number of nitrogens with two attached hydrogens (primary N) is 1. The van der Waals surface area contributed by atoms with E-state index in [0.717, 1.165) is 25.7 Å². The lowest BCUT2D eigenvalue weighted by Crippen LogP contribution is -2.48. The Morgan fingerprint density at radius 2 is 1.69 bits per heavy atom. The molecule has 96 valence electrons. The monoisotopic (exact) mass is 249 g/mol. The van der Waals surface area contributed by atoms with Crippen LogP contribution in [0.1, 0.15) is 32.6 Å². The summed E-state index contributed by atoms with van der Waals surface area (Å²) in [6.45, 7) is 2.41. The topological polar surface area (TPSA) is 66.6 Å². The van der Waals surface area contributed by atoms with E-state index >= 15 is 0 Å². The summed E-state index contributed by atoms with van der Waals surface area (Å²) in [4.78, 5) is 0. The van der Waals surface area contributed by atoms with Gasteiger partial charge in [-0.2, -0.15) is 17.0 Å². The van der Waals surface area contributed by atoms with Gasteiger partial charge < -0.3 is 5.73 Å². The van der Waals surface area contributed by atoms with Gasteiger partial charge in [0, 0.05) is 32.7 Å². The van der Waals surface area contributed by atoms with Gasteiger partial charge in [0.25, 0.3) is 10.2 Å². The normalized spacial score (nSPS) is 27.6. The zero-order valence-corrected chi connectivity index (χ0v) is 11.2. The van der Waals surface area contributed by atoms with Crippen LogP contribution >= 0.6 is 0 Å². The highest BCUT2D eigenvalue weighted by atomic mass is 32.2. The second kappa shape index (κ2) is 5.44. The third kappa shape index (κ3) is 2.94. The van der Waals surface area contributed by atoms with E-state index in [1.165, 1.54) is 4.31 Å². The quantitative estimate of drug-likeness (QED) is 0.783. The lowest BCUT2D eigenvalue weighted by atomic mass is 9.92. The van der Waals surface area contributed by atoms with Gasteiger partial charge in [0.2, 0.25) is 0 Å². The summed E-state index contributed by atoms with van der Waals surface area (Å²) in [6, 6.07) is 0.370. The summed E-state index contributed by atoms with van der Waals surface area (Å²) in [6.07, 6.45) is 3.60. The van der Waals surface area contributed by atoms with E-state index in [0.29, 0.717) is 6.54 Å². The van der Waals surface area contributed by atoms with Gasteiger partial charge in [-0.15, -0.1) is 0 Å².